The Kier molecular flexibility index (Phi) is 4.16. The minimum absolute atomic E-state index is 0.408. The van der Waals surface area contributed by atoms with E-state index < -0.39 is 0 Å². The Morgan fingerprint density at radius 3 is 2.06 bits per heavy atom. The van der Waals surface area contributed by atoms with Gasteiger partial charge in [0.25, 0.3) is 0 Å². The van der Waals surface area contributed by atoms with Crippen LogP contribution in [0.25, 0.3) is 0 Å². The van der Waals surface area contributed by atoms with E-state index in [9.17, 15) is 0 Å². The smallest absolute Gasteiger partial charge is 0.000177 e. The van der Waals surface area contributed by atoms with Crippen LogP contribution in [0, 0.1) is 13.8 Å². The highest BCUT2D eigenvalue weighted by atomic mass is 14.5. The Balaban J connectivity index is 2.26. The summed E-state index contributed by atoms with van der Waals surface area (Å²) in [7, 11) is 0. The van der Waals surface area contributed by atoms with E-state index in [-0.39, 0.29) is 0 Å². The lowest BCUT2D eigenvalue weighted by atomic mass is 9.88. The van der Waals surface area contributed by atoms with Crippen molar-refractivity contribution in [3.8, 4) is 0 Å². The quantitative estimate of drug-likeness (QED) is 0.867. The minimum Gasteiger partial charge on any atom is -0.330 e. The number of hydrogen-bond donors (Lipinski definition) is 1. The SMILES string of the molecule is Cc1cccc(C)c1CC(CN)c1ccccc1. The van der Waals surface area contributed by atoms with Crippen molar-refractivity contribution < 1.29 is 0 Å². The lowest BCUT2D eigenvalue weighted by Gasteiger charge is -2.18. The molecule has 1 heteroatoms. The molecular weight excluding hydrogens is 218 g/mol. The molecule has 2 rings (SSSR count). The third-order valence-electron chi connectivity index (χ3n) is 3.65. The average Bonchev–Trinajstić information content (AvgIpc) is 2.40. The Bertz CT molecular complexity index is 482. The van der Waals surface area contributed by atoms with Gasteiger partial charge >= 0.3 is 0 Å². The third kappa shape index (κ3) is 2.80. The molecule has 0 heterocycles. The van der Waals surface area contributed by atoms with Crippen LogP contribution in [0.1, 0.15) is 28.2 Å². The van der Waals surface area contributed by atoms with Gasteiger partial charge in [0.05, 0.1) is 0 Å². The van der Waals surface area contributed by atoms with Crippen LogP contribution in [0.15, 0.2) is 48.5 Å². The van der Waals surface area contributed by atoms with E-state index in [2.05, 4.69) is 62.4 Å². The van der Waals surface area contributed by atoms with Crippen molar-refractivity contribution in [1.29, 1.82) is 0 Å². The summed E-state index contributed by atoms with van der Waals surface area (Å²) >= 11 is 0. The molecule has 18 heavy (non-hydrogen) atoms. The highest BCUT2D eigenvalue weighted by Gasteiger charge is 2.12. The summed E-state index contributed by atoms with van der Waals surface area (Å²) < 4.78 is 0. The van der Waals surface area contributed by atoms with Gasteiger partial charge in [-0.05, 0) is 49.1 Å². The molecule has 1 unspecified atom stereocenters. The molecule has 2 aromatic rings. The second-order valence-corrected chi connectivity index (χ2v) is 4.92. The number of nitrogens with two attached hydrogens (primary N) is 1. The summed E-state index contributed by atoms with van der Waals surface area (Å²) in [5.41, 5.74) is 11.5. The molecule has 1 atom stereocenters. The van der Waals surface area contributed by atoms with Crippen molar-refractivity contribution in [2.45, 2.75) is 26.2 Å². The van der Waals surface area contributed by atoms with Crippen LogP contribution in [0.2, 0.25) is 0 Å². The lowest BCUT2D eigenvalue weighted by Crippen LogP contribution is -2.16. The maximum atomic E-state index is 5.95. The van der Waals surface area contributed by atoms with E-state index in [1.165, 1.54) is 22.3 Å². The van der Waals surface area contributed by atoms with Gasteiger partial charge in [-0.25, -0.2) is 0 Å². The number of aryl methyl sites for hydroxylation is 2. The monoisotopic (exact) mass is 239 g/mol. The van der Waals surface area contributed by atoms with E-state index in [1.54, 1.807) is 0 Å². The fraction of sp³-hybridized carbons (Fsp3) is 0.294. The fourth-order valence-corrected chi connectivity index (χ4v) is 2.48. The van der Waals surface area contributed by atoms with E-state index in [4.69, 9.17) is 5.73 Å². The van der Waals surface area contributed by atoms with Gasteiger partial charge < -0.3 is 5.73 Å². The Labute approximate surface area is 110 Å². The van der Waals surface area contributed by atoms with Gasteiger partial charge in [0.1, 0.15) is 0 Å². The first kappa shape index (κ1) is 12.8. The van der Waals surface area contributed by atoms with Crippen molar-refractivity contribution >= 4 is 0 Å². The predicted octanol–water partition coefficient (Wildman–Crippen LogP) is 3.59. The Morgan fingerprint density at radius 1 is 0.889 bits per heavy atom. The normalized spacial score (nSPS) is 12.4. The van der Waals surface area contributed by atoms with Crippen LogP contribution < -0.4 is 5.73 Å². The van der Waals surface area contributed by atoms with Gasteiger partial charge in [0.15, 0.2) is 0 Å². The summed E-state index contributed by atoms with van der Waals surface area (Å²) in [6, 6.07) is 17.0. The molecule has 0 aliphatic rings. The maximum Gasteiger partial charge on any atom is 0.000177 e. The Hall–Kier alpha value is -1.60. The highest BCUT2D eigenvalue weighted by Crippen LogP contribution is 2.23. The van der Waals surface area contributed by atoms with Crippen LogP contribution in [0.4, 0.5) is 0 Å². The zero-order valence-electron chi connectivity index (χ0n) is 11.2. The van der Waals surface area contributed by atoms with Crippen LogP contribution in [-0.4, -0.2) is 6.54 Å². The van der Waals surface area contributed by atoms with Gasteiger partial charge in [-0.15, -0.1) is 0 Å². The largest absolute Gasteiger partial charge is 0.330 e. The molecule has 0 amide bonds. The zero-order valence-corrected chi connectivity index (χ0v) is 11.2. The van der Waals surface area contributed by atoms with E-state index in [1.807, 2.05) is 0 Å². The third-order valence-corrected chi connectivity index (χ3v) is 3.65. The number of benzene rings is 2. The van der Waals surface area contributed by atoms with Crippen molar-refractivity contribution in [2.24, 2.45) is 5.73 Å². The van der Waals surface area contributed by atoms with Gasteiger partial charge in [-0.3, -0.25) is 0 Å². The van der Waals surface area contributed by atoms with Crippen LogP contribution >= 0.6 is 0 Å². The second kappa shape index (κ2) is 5.83. The Morgan fingerprint density at radius 2 is 1.50 bits per heavy atom. The topological polar surface area (TPSA) is 26.0 Å². The summed E-state index contributed by atoms with van der Waals surface area (Å²) in [4.78, 5) is 0. The maximum absolute atomic E-state index is 5.95. The number of rotatable bonds is 4. The molecule has 2 aromatic carbocycles. The molecule has 0 saturated heterocycles. The molecule has 0 aromatic heterocycles. The van der Waals surface area contributed by atoms with Crippen molar-refractivity contribution in [3.05, 3.63) is 70.8 Å². The van der Waals surface area contributed by atoms with Crippen LogP contribution in [0.3, 0.4) is 0 Å². The molecule has 0 aliphatic carbocycles. The highest BCUT2D eigenvalue weighted by molar-refractivity contribution is 5.35. The molecule has 0 saturated carbocycles. The van der Waals surface area contributed by atoms with Gasteiger partial charge in [0.2, 0.25) is 0 Å². The van der Waals surface area contributed by atoms with E-state index in [0.717, 1.165) is 6.42 Å². The molecule has 1 nitrogen and oxygen atoms in total. The lowest BCUT2D eigenvalue weighted by molar-refractivity contribution is 0.689. The zero-order chi connectivity index (χ0) is 13.0. The van der Waals surface area contributed by atoms with E-state index in [0.29, 0.717) is 12.5 Å². The van der Waals surface area contributed by atoms with Crippen molar-refractivity contribution in [2.75, 3.05) is 6.54 Å². The number of hydrogen-bond acceptors (Lipinski definition) is 1. The van der Waals surface area contributed by atoms with Gasteiger partial charge in [0, 0.05) is 5.92 Å². The van der Waals surface area contributed by atoms with Gasteiger partial charge in [-0.2, -0.15) is 0 Å². The average molecular weight is 239 g/mol. The van der Waals surface area contributed by atoms with Crippen LogP contribution in [-0.2, 0) is 6.42 Å². The van der Waals surface area contributed by atoms with Crippen LogP contribution in [0.5, 0.6) is 0 Å². The van der Waals surface area contributed by atoms with Crippen molar-refractivity contribution in [3.63, 3.8) is 0 Å². The predicted molar refractivity (Wildman–Crippen MR) is 77.9 cm³/mol. The fourth-order valence-electron chi connectivity index (χ4n) is 2.48. The van der Waals surface area contributed by atoms with E-state index >= 15 is 0 Å². The summed E-state index contributed by atoms with van der Waals surface area (Å²) in [6.07, 6.45) is 1.03. The first-order chi connectivity index (χ1) is 8.72. The minimum atomic E-state index is 0.408. The molecule has 0 fully saturated rings. The molecule has 2 N–H and O–H groups in total. The molecule has 94 valence electrons. The van der Waals surface area contributed by atoms with Gasteiger partial charge in [-0.1, -0.05) is 48.5 Å². The molecule has 0 bridgehead atoms. The summed E-state index contributed by atoms with van der Waals surface area (Å²) in [5.74, 6) is 0.408. The summed E-state index contributed by atoms with van der Waals surface area (Å²) in [6.45, 7) is 5.06. The van der Waals surface area contributed by atoms with Crippen molar-refractivity contribution in [1.82, 2.24) is 0 Å². The standard InChI is InChI=1S/C17H21N/c1-13-7-6-8-14(2)17(13)11-16(12-18)15-9-4-3-5-10-15/h3-10,16H,11-12,18H2,1-2H3. The molecule has 0 spiro atoms. The molecular formula is C17H21N. The molecule has 0 aliphatic heterocycles. The molecule has 0 radical (unpaired) electrons. The first-order valence-electron chi connectivity index (χ1n) is 6.52. The second-order valence-electron chi connectivity index (χ2n) is 4.92. The summed E-state index contributed by atoms with van der Waals surface area (Å²) in [5, 5.41) is 0. The first-order valence-corrected chi connectivity index (χ1v) is 6.52.